The molecule has 428 valence electrons. The number of Topliss-reactive ketones (excluding diaryl/α,β-unsaturated/α-hetero) is 1. The summed E-state index contributed by atoms with van der Waals surface area (Å²) in [6, 6.07) is 19.8. The van der Waals surface area contributed by atoms with Gasteiger partial charge in [-0.3, -0.25) is 38.5 Å². The van der Waals surface area contributed by atoms with Gasteiger partial charge in [0.1, 0.15) is 23.5 Å². The van der Waals surface area contributed by atoms with Crippen LogP contribution in [-0.2, 0) is 54.3 Å². The van der Waals surface area contributed by atoms with Crippen molar-refractivity contribution in [2.45, 2.75) is 85.9 Å². The third-order valence-corrected chi connectivity index (χ3v) is 13.1. The van der Waals surface area contributed by atoms with Crippen LogP contribution in [0.2, 0.25) is 0 Å². The molecule has 0 radical (unpaired) electrons. The SMILES string of the molecule is CC(C)[C@H](CC(=O)CCOCCOCCOCCOCCNC(=O)CCN1C(=O)C=CC1=O)C(=O)N[C@@H](C)C(=O)Nc1ccc(C(=O)N(CCCN)[C@@H](c2cc(-c3cc(F)ccc3F)cn2Cc2ccccc2)C(C)(C)C)cc1. The lowest BCUT2D eigenvalue weighted by Gasteiger charge is -2.41. The fourth-order valence-electron chi connectivity index (χ4n) is 8.86. The maximum Gasteiger partial charge on any atom is 0.254 e. The van der Waals surface area contributed by atoms with Gasteiger partial charge in [0.05, 0.1) is 58.9 Å². The van der Waals surface area contributed by atoms with E-state index in [0.29, 0.717) is 69.3 Å². The maximum absolute atomic E-state index is 15.3. The highest BCUT2D eigenvalue weighted by Gasteiger charge is 2.38. The lowest BCUT2D eigenvalue weighted by Crippen LogP contribution is -2.45. The molecule has 0 spiro atoms. The lowest BCUT2D eigenvalue weighted by atomic mass is 9.82. The first-order chi connectivity index (χ1) is 37.8. The maximum atomic E-state index is 15.3. The average Bonchev–Trinajstić information content (AvgIpc) is 4.06. The summed E-state index contributed by atoms with van der Waals surface area (Å²) in [6.07, 6.45) is 4.70. The predicted molar refractivity (Wildman–Crippen MR) is 294 cm³/mol. The minimum Gasteiger partial charge on any atom is -0.379 e. The van der Waals surface area contributed by atoms with Crippen molar-refractivity contribution < 1.29 is 61.3 Å². The van der Waals surface area contributed by atoms with E-state index in [1.807, 2.05) is 75.6 Å². The van der Waals surface area contributed by atoms with Crippen LogP contribution in [0, 0.1) is 28.9 Å². The Hall–Kier alpha value is -6.97. The number of hydrogen-bond donors (Lipinski definition) is 4. The number of hydrogen-bond acceptors (Lipinski definition) is 12. The Morgan fingerprint density at radius 1 is 0.747 bits per heavy atom. The molecule has 20 heteroatoms. The van der Waals surface area contributed by atoms with Gasteiger partial charge in [0, 0.05) is 97.8 Å². The Morgan fingerprint density at radius 3 is 1.97 bits per heavy atom. The van der Waals surface area contributed by atoms with Crippen molar-refractivity contribution in [3.63, 3.8) is 0 Å². The van der Waals surface area contributed by atoms with Gasteiger partial charge >= 0.3 is 0 Å². The zero-order valence-corrected chi connectivity index (χ0v) is 46.2. The molecule has 18 nitrogen and oxygen atoms in total. The number of nitrogens with two attached hydrogens (primary N) is 1. The molecule has 0 saturated heterocycles. The predicted octanol–water partition coefficient (Wildman–Crippen LogP) is 6.62. The average molecular weight is 1100 g/mol. The molecular formula is C59H77F2N7O11. The van der Waals surface area contributed by atoms with Gasteiger partial charge in [0.2, 0.25) is 17.7 Å². The monoisotopic (exact) mass is 1100 g/mol. The highest BCUT2D eigenvalue weighted by atomic mass is 19.1. The number of ether oxygens (including phenoxy) is 4. The third-order valence-electron chi connectivity index (χ3n) is 13.1. The molecule has 0 saturated carbocycles. The van der Waals surface area contributed by atoms with Crippen LogP contribution in [0.1, 0.15) is 94.9 Å². The molecule has 0 bridgehead atoms. The van der Waals surface area contributed by atoms with Crippen LogP contribution in [0.5, 0.6) is 0 Å². The standard InChI is InChI=1S/C59H77F2N7O11/c1-40(2)48(37-47(69)22-27-76-29-31-78-33-34-79-32-30-77-28-24-63-52(70)21-26-67-53(71)19-20-54(67)72)57(74)64-41(3)56(73)65-46-16-13-43(14-17-46)58(75)68(25-10-23-62)55(59(4,5)6)51-35-44(49-36-45(60)15-18-50(49)61)39-66(51)38-42-11-8-7-9-12-42/h7-9,11-20,35-36,39-41,48,55H,10,21-34,37-38,62H2,1-6H3,(H,63,70)(H,64,74)(H,65,73)/t41-,48-,55-/m0/s1. The smallest absolute Gasteiger partial charge is 0.254 e. The topological polar surface area (TPSA) is 230 Å². The van der Waals surface area contributed by atoms with E-state index >= 15 is 4.39 Å². The minimum atomic E-state index is -0.963. The molecule has 1 aliphatic rings. The summed E-state index contributed by atoms with van der Waals surface area (Å²) in [5.41, 5.74) is 8.47. The zero-order chi connectivity index (χ0) is 57.5. The summed E-state index contributed by atoms with van der Waals surface area (Å²) in [5.74, 6) is -4.58. The first-order valence-electron chi connectivity index (χ1n) is 26.8. The van der Waals surface area contributed by atoms with E-state index in [1.54, 1.807) is 42.3 Å². The number of nitrogens with one attached hydrogen (secondary N) is 3. The van der Waals surface area contributed by atoms with E-state index in [2.05, 4.69) is 16.0 Å². The van der Waals surface area contributed by atoms with Gasteiger partial charge in [-0.15, -0.1) is 0 Å². The van der Waals surface area contributed by atoms with Crippen molar-refractivity contribution in [3.05, 3.63) is 126 Å². The van der Waals surface area contributed by atoms with Gasteiger partial charge in [-0.25, -0.2) is 8.78 Å². The van der Waals surface area contributed by atoms with Gasteiger partial charge in [0.25, 0.3) is 17.7 Å². The first kappa shape index (κ1) is 62.9. The van der Waals surface area contributed by atoms with Gasteiger partial charge in [0.15, 0.2) is 0 Å². The number of carbonyl (C=O) groups excluding carboxylic acids is 7. The molecule has 4 aromatic rings. The first-order valence-corrected chi connectivity index (χ1v) is 26.8. The Morgan fingerprint density at radius 2 is 1.37 bits per heavy atom. The molecular weight excluding hydrogens is 1020 g/mol. The molecule has 5 N–H and O–H groups in total. The fraction of sp³-hybridized carbons (Fsp3) is 0.475. The zero-order valence-electron chi connectivity index (χ0n) is 46.2. The number of ketones is 1. The molecule has 6 amide bonds. The normalized spacial score (nSPS) is 13.6. The second kappa shape index (κ2) is 31.6. The lowest BCUT2D eigenvalue weighted by molar-refractivity contribution is -0.137. The van der Waals surface area contributed by atoms with E-state index in [-0.39, 0.29) is 87.9 Å². The molecule has 1 aromatic heterocycles. The number of anilines is 1. The molecule has 2 heterocycles. The molecule has 3 aromatic carbocycles. The molecule has 5 rings (SSSR count). The van der Waals surface area contributed by atoms with Crippen LogP contribution >= 0.6 is 0 Å². The Bertz CT molecular complexity index is 2670. The van der Waals surface area contributed by atoms with Gasteiger partial charge in [-0.05, 0) is 85.3 Å². The Labute approximate surface area is 461 Å². The number of halogens is 2. The number of imide groups is 1. The van der Waals surface area contributed by atoms with E-state index in [4.69, 9.17) is 24.7 Å². The molecule has 1 aliphatic heterocycles. The molecule has 3 atom stereocenters. The second-order valence-corrected chi connectivity index (χ2v) is 20.7. The summed E-state index contributed by atoms with van der Waals surface area (Å²) in [4.78, 5) is 92.3. The number of carbonyl (C=O) groups is 7. The molecule has 79 heavy (non-hydrogen) atoms. The van der Waals surface area contributed by atoms with Crippen molar-refractivity contribution in [1.82, 2.24) is 25.0 Å². The van der Waals surface area contributed by atoms with E-state index < -0.39 is 58.7 Å². The summed E-state index contributed by atoms with van der Waals surface area (Å²) in [7, 11) is 0. The molecule has 0 aliphatic carbocycles. The highest BCUT2D eigenvalue weighted by molar-refractivity contribution is 6.13. The van der Waals surface area contributed by atoms with E-state index in [0.717, 1.165) is 28.3 Å². The summed E-state index contributed by atoms with van der Waals surface area (Å²) in [5, 5.41) is 8.23. The number of nitrogens with zero attached hydrogens (tertiary/aromatic N) is 3. The van der Waals surface area contributed by atoms with Crippen LogP contribution in [0.15, 0.2) is 97.2 Å². The van der Waals surface area contributed by atoms with E-state index in [1.165, 1.54) is 18.2 Å². The Kier molecular flexibility index (Phi) is 25.1. The van der Waals surface area contributed by atoms with Gasteiger partial charge in [-0.1, -0.05) is 65.0 Å². The van der Waals surface area contributed by atoms with Crippen molar-refractivity contribution in [2.75, 3.05) is 84.4 Å². The van der Waals surface area contributed by atoms with Crippen molar-refractivity contribution in [3.8, 4) is 11.1 Å². The molecule has 0 unspecified atom stereocenters. The van der Waals surface area contributed by atoms with Gasteiger partial charge < -0.3 is 50.1 Å². The number of benzene rings is 3. The number of rotatable bonds is 34. The fourth-order valence-corrected chi connectivity index (χ4v) is 8.86. The second-order valence-electron chi connectivity index (χ2n) is 20.7. The van der Waals surface area contributed by atoms with Gasteiger partial charge in [-0.2, -0.15) is 0 Å². The van der Waals surface area contributed by atoms with E-state index in [9.17, 15) is 38.0 Å². The third kappa shape index (κ3) is 20.0. The summed E-state index contributed by atoms with van der Waals surface area (Å²) >= 11 is 0. The van der Waals surface area contributed by atoms with Crippen LogP contribution in [0.4, 0.5) is 14.5 Å². The largest absolute Gasteiger partial charge is 0.379 e. The van der Waals surface area contributed by atoms with Crippen LogP contribution in [-0.4, -0.2) is 141 Å². The van der Waals surface area contributed by atoms with Crippen molar-refractivity contribution in [2.24, 2.45) is 23.0 Å². The molecule has 0 fully saturated rings. The Balaban J connectivity index is 1.04. The number of amides is 6. The highest BCUT2D eigenvalue weighted by Crippen LogP contribution is 2.42. The van der Waals surface area contributed by atoms with Crippen LogP contribution in [0.25, 0.3) is 11.1 Å². The minimum absolute atomic E-state index is 0.00854. The summed E-state index contributed by atoms with van der Waals surface area (Å²) < 4.78 is 53.8. The van der Waals surface area contributed by atoms with Crippen molar-refractivity contribution in [1.29, 1.82) is 0 Å². The quantitative estimate of drug-likeness (QED) is 0.0286. The summed E-state index contributed by atoms with van der Waals surface area (Å²) in [6.45, 7) is 14.8. The number of aromatic nitrogens is 1. The van der Waals surface area contributed by atoms with Crippen molar-refractivity contribution >= 4 is 46.9 Å². The van der Waals surface area contributed by atoms with Crippen LogP contribution in [0.3, 0.4) is 0 Å². The van der Waals surface area contributed by atoms with Crippen LogP contribution < -0.4 is 21.7 Å².